The van der Waals surface area contributed by atoms with Gasteiger partial charge in [-0.3, -0.25) is 4.79 Å². The molecule has 1 aliphatic carbocycles. The van der Waals surface area contributed by atoms with Gasteiger partial charge >= 0.3 is 0 Å². The Labute approximate surface area is 185 Å². The number of piperidine rings is 1. The van der Waals surface area contributed by atoms with Crippen LogP contribution in [0.4, 0.5) is 11.8 Å². The number of hydrogen-bond acceptors (Lipinski definition) is 7. The molecule has 3 aliphatic rings. The van der Waals surface area contributed by atoms with Crippen LogP contribution in [0.5, 0.6) is 5.75 Å². The Morgan fingerprint density at radius 1 is 1.16 bits per heavy atom. The summed E-state index contributed by atoms with van der Waals surface area (Å²) in [6, 6.07) is 0.0812. The number of carbonyl (C=O) groups excluding carboxylic acids is 1. The molecule has 1 aromatic heterocycles. The lowest BCUT2D eigenvalue weighted by atomic mass is 10.1. The number of rotatable bonds is 3. The molecule has 1 aromatic rings. The first-order chi connectivity index (χ1) is 14.6. The molecule has 9 nitrogen and oxygen atoms in total. The summed E-state index contributed by atoms with van der Waals surface area (Å²) < 4.78 is 30.1. The maximum atomic E-state index is 11.9. The lowest BCUT2D eigenvalue weighted by molar-refractivity contribution is -0.129. The fourth-order valence-electron chi connectivity index (χ4n) is 3.58. The summed E-state index contributed by atoms with van der Waals surface area (Å²) >= 11 is 0. The van der Waals surface area contributed by atoms with Crippen LogP contribution in [0.2, 0.25) is 0 Å². The minimum atomic E-state index is -3.14. The third kappa shape index (κ3) is 7.08. The summed E-state index contributed by atoms with van der Waals surface area (Å²) in [6.07, 6.45) is 19.6. The van der Waals surface area contributed by atoms with E-state index in [2.05, 4.69) is 33.4 Å². The van der Waals surface area contributed by atoms with Crippen LogP contribution in [-0.2, 0) is 14.8 Å². The van der Waals surface area contributed by atoms with E-state index in [9.17, 15) is 13.2 Å². The minimum absolute atomic E-state index is 0.0812. The van der Waals surface area contributed by atoms with Crippen molar-refractivity contribution >= 4 is 27.7 Å². The van der Waals surface area contributed by atoms with Crippen molar-refractivity contribution in [1.82, 2.24) is 14.3 Å². The first kappa shape index (κ1) is 24.9. The first-order valence-corrected chi connectivity index (χ1v) is 12.4. The Balaban J connectivity index is 0.000000420. The van der Waals surface area contributed by atoms with E-state index in [0.29, 0.717) is 43.4 Å². The second kappa shape index (κ2) is 10.8. The standard InChI is InChI=1S/C14H21N5O4S.C5H10.C2H2/c1-14(2)12(20)17-11-10(23-14)8-15-13(18-11)16-9-4-6-19(7-5-9)24(3,21)22;1-2-4-5-3-1;1-2/h8-9H,4-7H2,1-3H3,(H2,15,16,17,18,20);1-5H2;1-2H. The molecule has 1 saturated carbocycles. The summed E-state index contributed by atoms with van der Waals surface area (Å²) in [5, 5.41) is 5.90. The van der Waals surface area contributed by atoms with Crippen LogP contribution in [-0.4, -0.2) is 59.6 Å². The predicted octanol–water partition coefficient (Wildman–Crippen LogP) is 2.62. The molecule has 0 atom stereocenters. The summed E-state index contributed by atoms with van der Waals surface area (Å²) in [5.41, 5.74) is -0.955. The van der Waals surface area contributed by atoms with Crippen molar-refractivity contribution < 1.29 is 17.9 Å². The number of terminal acetylenes is 1. The van der Waals surface area contributed by atoms with Gasteiger partial charge in [-0.2, -0.15) is 4.98 Å². The number of anilines is 2. The first-order valence-electron chi connectivity index (χ1n) is 10.6. The van der Waals surface area contributed by atoms with Crippen LogP contribution in [0.3, 0.4) is 0 Å². The van der Waals surface area contributed by atoms with E-state index < -0.39 is 15.6 Å². The molecule has 10 heteroatoms. The molecule has 1 amide bonds. The third-order valence-corrected chi connectivity index (χ3v) is 6.71. The highest BCUT2D eigenvalue weighted by molar-refractivity contribution is 7.88. The fourth-order valence-corrected chi connectivity index (χ4v) is 4.46. The van der Waals surface area contributed by atoms with Gasteiger partial charge in [0.05, 0.1) is 12.5 Å². The molecule has 3 heterocycles. The zero-order valence-corrected chi connectivity index (χ0v) is 19.4. The minimum Gasteiger partial charge on any atom is -0.472 e. The zero-order valence-electron chi connectivity index (χ0n) is 18.6. The summed E-state index contributed by atoms with van der Waals surface area (Å²) in [4.78, 5) is 20.4. The number of hydrogen-bond donors (Lipinski definition) is 2. The molecule has 0 aromatic carbocycles. The molecule has 2 fully saturated rings. The van der Waals surface area contributed by atoms with E-state index >= 15 is 0 Å². The fraction of sp³-hybridized carbons (Fsp3) is 0.667. The number of ether oxygens (including phenoxy) is 1. The highest BCUT2D eigenvalue weighted by atomic mass is 32.2. The van der Waals surface area contributed by atoms with Gasteiger partial charge in [-0.15, -0.1) is 12.8 Å². The number of nitrogens with zero attached hydrogens (tertiary/aromatic N) is 3. The molecule has 0 radical (unpaired) electrons. The van der Waals surface area contributed by atoms with Gasteiger partial charge in [0.15, 0.2) is 17.2 Å². The summed E-state index contributed by atoms with van der Waals surface area (Å²) in [7, 11) is -3.14. The van der Waals surface area contributed by atoms with Crippen molar-refractivity contribution in [3.63, 3.8) is 0 Å². The molecule has 31 heavy (non-hydrogen) atoms. The Morgan fingerprint density at radius 3 is 2.23 bits per heavy atom. The van der Waals surface area contributed by atoms with Crippen molar-refractivity contribution in [2.24, 2.45) is 0 Å². The molecule has 0 unspecified atom stereocenters. The van der Waals surface area contributed by atoms with Crippen LogP contribution >= 0.6 is 0 Å². The number of amides is 1. The third-order valence-electron chi connectivity index (χ3n) is 5.41. The normalized spacial score (nSPS) is 20.6. The van der Waals surface area contributed by atoms with Gasteiger partial charge in [-0.1, -0.05) is 32.1 Å². The maximum Gasteiger partial charge on any atom is 0.269 e. The molecule has 1 saturated heterocycles. The Morgan fingerprint density at radius 2 is 1.71 bits per heavy atom. The smallest absolute Gasteiger partial charge is 0.269 e. The Bertz CT molecular complexity index is 865. The van der Waals surface area contributed by atoms with E-state index in [1.54, 1.807) is 13.8 Å². The van der Waals surface area contributed by atoms with E-state index in [1.807, 2.05) is 0 Å². The van der Waals surface area contributed by atoms with Crippen molar-refractivity contribution in [2.75, 3.05) is 30.0 Å². The second-order valence-electron chi connectivity index (χ2n) is 8.32. The largest absolute Gasteiger partial charge is 0.472 e. The van der Waals surface area contributed by atoms with E-state index in [1.165, 1.54) is 48.9 Å². The molecule has 172 valence electrons. The molecule has 0 bridgehead atoms. The number of carbonyl (C=O) groups is 1. The second-order valence-corrected chi connectivity index (χ2v) is 10.3. The molecular weight excluding hydrogens is 418 g/mol. The Hall–Kier alpha value is -2.38. The van der Waals surface area contributed by atoms with E-state index in [4.69, 9.17) is 4.74 Å². The zero-order chi connectivity index (χ0) is 23.1. The number of aromatic nitrogens is 2. The number of fused-ring (bicyclic) bond motifs is 1. The Kier molecular flexibility index (Phi) is 8.65. The lowest BCUT2D eigenvalue weighted by Crippen LogP contribution is -2.46. The monoisotopic (exact) mass is 451 g/mol. The highest BCUT2D eigenvalue weighted by Crippen LogP contribution is 2.32. The van der Waals surface area contributed by atoms with Gasteiger partial charge in [0, 0.05) is 19.1 Å². The van der Waals surface area contributed by atoms with E-state index in [-0.39, 0.29) is 11.9 Å². The lowest BCUT2D eigenvalue weighted by Gasteiger charge is -2.32. The number of sulfonamides is 1. The van der Waals surface area contributed by atoms with Gasteiger partial charge in [-0.25, -0.2) is 17.7 Å². The molecule has 2 aliphatic heterocycles. The van der Waals surface area contributed by atoms with Gasteiger partial charge in [-0.05, 0) is 26.7 Å². The van der Waals surface area contributed by atoms with Gasteiger partial charge < -0.3 is 15.4 Å². The molecule has 4 rings (SSSR count). The summed E-state index contributed by atoms with van der Waals surface area (Å²) in [5.74, 6) is 0.888. The quantitative estimate of drug-likeness (QED) is 0.679. The average molecular weight is 452 g/mol. The van der Waals surface area contributed by atoms with Crippen molar-refractivity contribution in [3.8, 4) is 18.6 Å². The number of nitrogens with one attached hydrogen (secondary N) is 2. The SMILES string of the molecule is C#C.C1CCCC1.CC1(C)Oc2cnc(NC3CCN(S(C)(=O)=O)CC3)nc2NC1=O. The van der Waals surface area contributed by atoms with Crippen LogP contribution in [0.25, 0.3) is 0 Å². The van der Waals surface area contributed by atoms with Gasteiger partial charge in [0.25, 0.3) is 5.91 Å². The topological polar surface area (TPSA) is 114 Å². The van der Waals surface area contributed by atoms with Crippen LogP contribution in [0.1, 0.15) is 58.8 Å². The summed E-state index contributed by atoms with van der Waals surface area (Å²) in [6.45, 7) is 4.28. The van der Waals surface area contributed by atoms with Gasteiger partial charge in [0.2, 0.25) is 16.0 Å². The van der Waals surface area contributed by atoms with Crippen molar-refractivity contribution in [2.45, 2.75) is 70.4 Å². The molecule has 0 spiro atoms. The average Bonchev–Trinajstić information content (AvgIpc) is 3.30. The highest BCUT2D eigenvalue weighted by Gasteiger charge is 2.36. The van der Waals surface area contributed by atoms with E-state index in [0.717, 1.165) is 0 Å². The maximum absolute atomic E-state index is 11.9. The van der Waals surface area contributed by atoms with Crippen molar-refractivity contribution in [3.05, 3.63) is 6.20 Å². The molecular formula is C21H33N5O4S. The van der Waals surface area contributed by atoms with Gasteiger partial charge in [0.1, 0.15) is 0 Å². The molecule has 2 N–H and O–H groups in total. The van der Waals surface area contributed by atoms with Crippen LogP contribution < -0.4 is 15.4 Å². The van der Waals surface area contributed by atoms with Crippen LogP contribution in [0.15, 0.2) is 6.20 Å². The van der Waals surface area contributed by atoms with Crippen LogP contribution in [0, 0.1) is 12.8 Å². The predicted molar refractivity (Wildman–Crippen MR) is 121 cm³/mol. The van der Waals surface area contributed by atoms with Crippen molar-refractivity contribution in [1.29, 1.82) is 0 Å².